The molecule has 0 radical (unpaired) electrons. The van der Waals surface area contributed by atoms with Crippen molar-refractivity contribution in [3.8, 4) is 0 Å². The molecule has 0 bridgehead atoms. The zero-order chi connectivity index (χ0) is 27.8. The van der Waals surface area contributed by atoms with Gasteiger partial charge in [-0.15, -0.1) is 0 Å². The molecule has 0 amide bonds. The first-order chi connectivity index (χ1) is 17.6. The molecule has 6 nitrogen and oxygen atoms in total. The lowest BCUT2D eigenvalue weighted by atomic mass is 9.95. The quantitative estimate of drug-likeness (QED) is 0.0600. The first-order valence-corrected chi connectivity index (χ1v) is 17.0. The van der Waals surface area contributed by atoms with Crippen molar-refractivity contribution in [1.82, 2.24) is 0 Å². The highest BCUT2D eigenvalue weighted by Gasteiger charge is 2.24. The number of unbranched alkanes of at least 4 members (excludes halogenated alkanes) is 15. The standard InChI is InChI=1S/C30H62NO5P/c1-6-8-9-10-11-12-13-14-15-16-17-18-19-20-21-22-24-29(27-30(32)7-2)28-36-37(33,34)35-26-23-25-31(3,4)5/h29H,6-28H2,1-5H3/p+1. The van der Waals surface area contributed by atoms with E-state index in [1.165, 1.54) is 89.9 Å². The first-order valence-electron chi connectivity index (χ1n) is 15.5. The number of quaternary nitrogens is 1. The maximum atomic E-state index is 12.2. The minimum Gasteiger partial charge on any atom is -0.331 e. The third kappa shape index (κ3) is 27.1. The van der Waals surface area contributed by atoms with Crippen LogP contribution >= 0.6 is 7.82 Å². The van der Waals surface area contributed by atoms with Crippen LogP contribution in [-0.2, 0) is 18.4 Å². The van der Waals surface area contributed by atoms with Gasteiger partial charge in [0.05, 0.1) is 40.9 Å². The minimum atomic E-state index is -4.07. The Labute approximate surface area is 230 Å². The van der Waals surface area contributed by atoms with Crippen molar-refractivity contribution in [1.29, 1.82) is 0 Å². The van der Waals surface area contributed by atoms with E-state index in [2.05, 4.69) is 28.1 Å². The van der Waals surface area contributed by atoms with Gasteiger partial charge in [-0.1, -0.05) is 117 Å². The van der Waals surface area contributed by atoms with Gasteiger partial charge in [-0.25, -0.2) is 4.57 Å². The maximum Gasteiger partial charge on any atom is 0.472 e. The van der Waals surface area contributed by atoms with E-state index >= 15 is 0 Å². The molecule has 2 unspecified atom stereocenters. The Morgan fingerprint density at radius 3 is 1.62 bits per heavy atom. The lowest BCUT2D eigenvalue weighted by molar-refractivity contribution is -0.870. The summed E-state index contributed by atoms with van der Waals surface area (Å²) >= 11 is 0. The summed E-state index contributed by atoms with van der Waals surface area (Å²) in [5, 5.41) is 0. The van der Waals surface area contributed by atoms with E-state index in [1.807, 2.05) is 6.92 Å². The molecular weight excluding hydrogens is 485 g/mol. The third-order valence-electron chi connectivity index (χ3n) is 7.08. The Kier molecular flexibility index (Phi) is 23.4. The van der Waals surface area contributed by atoms with Gasteiger partial charge in [0, 0.05) is 19.3 Å². The molecule has 0 aromatic heterocycles. The fraction of sp³-hybridized carbons (Fsp3) is 0.967. The van der Waals surface area contributed by atoms with Crippen LogP contribution in [0.4, 0.5) is 0 Å². The molecule has 0 heterocycles. The zero-order valence-electron chi connectivity index (χ0n) is 25.3. The van der Waals surface area contributed by atoms with Gasteiger partial charge >= 0.3 is 7.82 Å². The van der Waals surface area contributed by atoms with E-state index in [4.69, 9.17) is 9.05 Å². The summed E-state index contributed by atoms with van der Waals surface area (Å²) < 4.78 is 23.4. The molecule has 0 saturated carbocycles. The van der Waals surface area contributed by atoms with Gasteiger partial charge in [0.25, 0.3) is 0 Å². The van der Waals surface area contributed by atoms with Crippen LogP contribution in [0.3, 0.4) is 0 Å². The highest BCUT2D eigenvalue weighted by Crippen LogP contribution is 2.44. The maximum absolute atomic E-state index is 12.2. The number of nitrogens with zero attached hydrogens (tertiary/aromatic N) is 1. The number of carbonyl (C=O) groups excluding carboxylic acids is 1. The van der Waals surface area contributed by atoms with Gasteiger partial charge in [0.15, 0.2) is 0 Å². The Morgan fingerprint density at radius 2 is 1.19 bits per heavy atom. The number of rotatable bonds is 28. The summed E-state index contributed by atoms with van der Waals surface area (Å²) in [6.45, 7) is 5.29. The minimum absolute atomic E-state index is 0.0191. The molecule has 0 fully saturated rings. The molecule has 0 saturated heterocycles. The van der Waals surface area contributed by atoms with Crippen LogP contribution in [0.1, 0.15) is 142 Å². The average Bonchev–Trinajstić information content (AvgIpc) is 2.84. The molecule has 0 aliphatic carbocycles. The molecule has 0 aromatic carbocycles. The lowest BCUT2D eigenvalue weighted by Crippen LogP contribution is -2.35. The Hall–Kier alpha value is -0.260. The summed E-state index contributed by atoms with van der Waals surface area (Å²) in [7, 11) is 2.14. The van der Waals surface area contributed by atoms with Crippen molar-refractivity contribution in [2.75, 3.05) is 40.9 Å². The number of Topliss-reactive ketones (excluding diaryl/α,β-unsaturated/α-hetero) is 1. The molecule has 7 heteroatoms. The SMILES string of the molecule is CCCCCCCCCCCCCCCCCCC(COP(=O)(O)OCCC[N+](C)(C)C)CC(=O)CC. The molecule has 0 spiro atoms. The molecule has 1 N–H and O–H groups in total. The average molecular weight is 549 g/mol. The summed E-state index contributed by atoms with van der Waals surface area (Å²) in [4.78, 5) is 22.0. The number of phosphoric acid groups is 1. The normalized spacial score (nSPS) is 14.5. The summed E-state index contributed by atoms with van der Waals surface area (Å²) in [5.41, 5.74) is 0. The number of phosphoric ester groups is 1. The summed E-state index contributed by atoms with van der Waals surface area (Å²) in [5.74, 6) is 0.163. The van der Waals surface area contributed by atoms with Crippen LogP contribution in [0.15, 0.2) is 0 Å². The van der Waals surface area contributed by atoms with Crippen LogP contribution in [-0.4, -0.2) is 56.1 Å². The van der Waals surface area contributed by atoms with Crippen LogP contribution in [0.5, 0.6) is 0 Å². The predicted molar refractivity (Wildman–Crippen MR) is 157 cm³/mol. The molecule has 2 atom stereocenters. The van der Waals surface area contributed by atoms with Crippen molar-refractivity contribution in [3.63, 3.8) is 0 Å². The smallest absolute Gasteiger partial charge is 0.331 e. The number of hydrogen-bond donors (Lipinski definition) is 1. The monoisotopic (exact) mass is 548 g/mol. The highest BCUT2D eigenvalue weighted by molar-refractivity contribution is 7.47. The summed E-state index contributed by atoms with van der Waals surface area (Å²) in [6.07, 6.45) is 23.8. The molecule has 0 aliphatic rings. The van der Waals surface area contributed by atoms with Crippen molar-refractivity contribution >= 4 is 13.6 Å². The molecule has 37 heavy (non-hydrogen) atoms. The second-order valence-electron chi connectivity index (χ2n) is 12.0. The van der Waals surface area contributed by atoms with E-state index in [0.717, 1.165) is 30.3 Å². The zero-order valence-corrected chi connectivity index (χ0v) is 26.2. The van der Waals surface area contributed by atoms with E-state index in [-0.39, 0.29) is 24.9 Å². The van der Waals surface area contributed by atoms with Crippen LogP contribution in [0, 0.1) is 5.92 Å². The molecule has 222 valence electrons. The fourth-order valence-electron chi connectivity index (χ4n) is 4.65. The van der Waals surface area contributed by atoms with Gasteiger partial charge < -0.3 is 9.38 Å². The van der Waals surface area contributed by atoms with E-state index in [1.54, 1.807) is 0 Å². The topological polar surface area (TPSA) is 72.8 Å². The van der Waals surface area contributed by atoms with Crippen molar-refractivity contribution < 1.29 is 27.8 Å². The molecule has 0 rings (SSSR count). The largest absolute Gasteiger partial charge is 0.472 e. The summed E-state index contributed by atoms with van der Waals surface area (Å²) in [6, 6.07) is 0. The molecule has 0 aromatic rings. The number of ketones is 1. The van der Waals surface area contributed by atoms with Gasteiger partial charge in [0.1, 0.15) is 5.78 Å². The molecular formula is C30H63NO5P+. The van der Waals surface area contributed by atoms with Gasteiger partial charge in [0.2, 0.25) is 0 Å². The Balaban J connectivity index is 3.89. The van der Waals surface area contributed by atoms with Gasteiger partial charge in [-0.2, -0.15) is 0 Å². The molecule has 0 aliphatic heterocycles. The van der Waals surface area contributed by atoms with E-state index in [9.17, 15) is 14.3 Å². The third-order valence-corrected chi connectivity index (χ3v) is 8.06. The second kappa shape index (κ2) is 23.6. The number of carbonyl (C=O) groups is 1. The van der Waals surface area contributed by atoms with Crippen LogP contribution < -0.4 is 0 Å². The Bertz CT molecular complexity index is 579. The lowest BCUT2D eigenvalue weighted by Gasteiger charge is -2.24. The van der Waals surface area contributed by atoms with Crippen molar-refractivity contribution in [2.45, 2.75) is 142 Å². The predicted octanol–water partition coefficient (Wildman–Crippen LogP) is 8.85. The van der Waals surface area contributed by atoms with Crippen LogP contribution in [0.2, 0.25) is 0 Å². The Morgan fingerprint density at radius 1 is 0.730 bits per heavy atom. The number of hydrogen-bond acceptors (Lipinski definition) is 4. The van der Waals surface area contributed by atoms with E-state index < -0.39 is 7.82 Å². The van der Waals surface area contributed by atoms with Crippen LogP contribution in [0.25, 0.3) is 0 Å². The highest BCUT2D eigenvalue weighted by atomic mass is 31.2. The van der Waals surface area contributed by atoms with E-state index in [0.29, 0.717) is 19.3 Å². The fourth-order valence-corrected chi connectivity index (χ4v) is 5.48. The van der Waals surface area contributed by atoms with Crippen molar-refractivity contribution in [3.05, 3.63) is 0 Å². The van der Waals surface area contributed by atoms with Crippen molar-refractivity contribution in [2.24, 2.45) is 5.92 Å². The van der Waals surface area contributed by atoms with Gasteiger partial charge in [-0.05, 0) is 12.3 Å². The first kappa shape index (κ1) is 36.7. The van der Waals surface area contributed by atoms with Gasteiger partial charge in [-0.3, -0.25) is 13.8 Å². The second-order valence-corrected chi connectivity index (χ2v) is 13.5.